The molecule has 0 aromatic heterocycles. The molecule has 0 amide bonds. The van der Waals surface area contributed by atoms with Crippen LogP contribution in [0.5, 0.6) is 0 Å². The van der Waals surface area contributed by atoms with Crippen molar-refractivity contribution < 1.29 is 9.90 Å². The van der Waals surface area contributed by atoms with E-state index in [9.17, 15) is 4.79 Å². The van der Waals surface area contributed by atoms with E-state index in [0.29, 0.717) is 11.8 Å². The second-order valence-electron chi connectivity index (χ2n) is 3.21. The Balaban J connectivity index is 0.000000360. The highest BCUT2D eigenvalue weighted by Gasteiger charge is 1.86. The van der Waals surface area contributed by atoms with Crippen molar-refractivity contribution in [1.82, 2.24) is 5.32 Å². The van der Waals surface area contributed by atoms with Crippen LogP contribution < -0.4 is 5.32 Å². The molecule has 0 unspecified atom stereocenters. The van der Waals surface area contributed by atoms with Crippen LogP contribution in [0, 0.1) is 0 Å². The van der Waals surface area contributed by atoms with E-state index in [-0.39, 0.29) is 0 Å². The van der Waals surface area contributed by atoms with Gasteiger partial charge in [0.15, 0.2) is 0 Å². The Bertz CT molecular complexity index is 338. The summed E-state index contributed by atoms with van der Waals surface area (Å²) in [7, 11) is 0. The number of aliphatic carboxylic acids is 1. The standard InChI is InChI=1S/C9H8O2.C4H9Cl2N/c10-9(11)7-6-8-4-2-1-3-5-8;5-1-3-7-4-2-6/h1-7H,(H,10,11);7H,1-4H2. The van der Waals surface area contributed by atoms with Gasteiger partial charge in [0.05, 0.1) is 0 Å². The lowest BCUT2D eigenvalue weighted by molar-refractivity contribution is -0.131. The third-order valence-corrected chi connectivity index (χ3v) is 2.14. The van der Waals surface area contributed by atoms with Gasteiger partial charge in [-0.25, -0.2) is 4.79 Å². The molecule has 1 rings (SSSR count). The summed E-state index contributed by atoms with van der Waals surface area (Å²) in [6.07, 6.45) is 2.68. The van der Waals surface area contributed by atoms with Crippen LogP contribution in [0.1, 0.15) is 5.56 Å². The van der Waals surface area contributed by atoms with Gasteiger partial charge in [-0.1, -0.05) is 30.3 Å². The fraction of sp³-hybridized carbons (Fsp3) is 0.308. The number of carbonyl (C=O) groups is 1. The highest BCUT2D eigenvalue weighted by atomic mass is 35.5. The highest BCUT2D eigenvalue weighted by Crippen LogP contribution is 1.99. The molecule has 0 fully saturated rings. The van der Waals surface area contributed by atoms with Crippen LogP contribution in [-0.2, 0) is 4.79 Å². The summed E-state index contributed by atoms with van der Waals surface area (Å²) in [6, 6.07) is 9.31. The quantitative estimate of drug-likeness (QED) is 0.481. The maximum Gasteiger partial charge on any atom is 0.328 e. The Hall–Kier alpha value is -1.03. The fourth-order valence-electron chi connectivity index (χ4n) is 0.990. The molecule has 1 aromatic rings. The number of hydrogen-bond donors (Lipinski definition) is 2. The molecule has 0 bridgehead atoms. The molecular weight excluding hydrogens is 273 g/mol. The summed E-state index contributed by atoms with van der Waals surface area (Å²) in [4.78, 5) is 10.1. The number of benzene rings is 1. The van der Waals surface area contributed by atoms with Crippen molar-refractivity contribution in [1.29, 1.82) is 0 Å². The molecule has 0 spiro atoms. The van der Waals surface area contributed by atoms with Crippen molar-refractivity contribution >= 4 is 35.2 Å². The van der Waals surface area contributed by atoms with Crippen LogP contribution in [0.25, 0.3) is 6.08 Å². The molecule has 5 heteroatoms. The van der Waals surface area contributed by atoms with Gasteiger partial charge < -0.3 is 10.4 Å². The summed E-state index contributed by atoms with van der Waals surface area (Å²) in [5.74, 6) is 0.405. The number of hydrogen-bond acceptors (Lipinski definition) is 2. The van der Waals surface area contributed by atoms with Gasteiger partial charge in [0.1, 0.15) is 0 Å². The molecule has 2 N–H and O–H groups in total. The van der Waals surface area contributed by atoms with Crippen molar-refractivity contribution in [3.8, 4) is 0 Å². The normalized spacial score (nSPS) is 9.89. The third kappa shape index (κ3) is 11.5. The van der Waals surface area contributed by atoms with Crippen molar-refractivity contribution in [3.05, 3.63) is 42.0 Å². The van der Waals surface area contributed by atoms with E-state index in [0.717, 1.165) is 24.7 Å². The van der Waals surface area contributed by atoms with Crippen molar-refractivity contribution in [3.63, 3.8) is 0 Å². The van der Waals surface area contributed by atoms with E-state index >= 15 is 0 Å². The Morgan fingerprint density at radius 3 is 2.17 bits per heavy atom. The van der Waals surface area contributed by atoms with Gasteiger partial charge in [-0.2, -0.15) is 0 Å². The summed E-state index contributed by atoms with van der Waals surface area (Å²) < 4.78 is 0. The maximum absolute atomic E-state index is 10.1. The zero-order valence-corrected chi connectivity index (χ0v) is 11.5. The number of rotatable bonds is 6. The molecule has 0 aliphatic carbocycles. The minimum absolute atomic E-state index is 0.664. The van der Waals surface area contributed by atoms with E-state index in [2.05, 4.69) is 5.32 Å². The lowest BCUT2D eigenvalue weighted by Crippen LogP contribution is -2.18. The second-order valence-corrected chi connectivity index (χ2v) is 3.97. The molecule has 0 aliphatic rings. The average molecular weight is 290 g/mol. The van der Waals surface area contributed by atoms with Crippen molar-refractivity contribution in [2.75, 3.05) is 24.8 Å². The van der Waals surface area contributed by atoms with Crippen LogP contribution in [0.3, 0.4) is 0 Å². The van der Waals surface area contributed by atoms with E-state index in [1.807, 2.05) is 30.3 Å². The molecule has 0 saturated carbocycles. The number of halogens is 2. The zero-order chi connectivity index (χ0) is 13.6. The number of alkyl halides is 2. The number of carboxylic acid groups (broad SMARTS) is 1. The van der Waals surface area contributed by atoms with Crippen LogP contribution in [0.15, 0.2) is 36.4 Å². The Morgan fingerprint density at radius 2 is 1.72 bits per heavy atom. The summed E-state index contributed by atoms with van der Waals surface area (Å²) in [6.45, 7) is 1.71. The molecule has 0 aliphatic heterocycles. The maximum atomic E-state index is 10.1. The van der Waals surface area contributed by atoms with E-state index in [4.69, 9.17) is 28.3 Å². The van der Waals surface area contributed by atoms with Gasteiger partial charge in [-0.05, 0) is 11.6 Å². The number of nitrogens with one attached hydrogen (secondary N) is 1. The van der Waals surface area contributed by atoms with Crippen LogP contribution in [0.2, 0.25) is 0 Å². The van der Waals surface area contributed by atoms with Crippen LogP contribution >= 0.6 is 23.2 Å². The van der Waals surface area contributed by atoms with E-state index in [1.165, 1.54) is 0 Å². The smallest absolute Gasteiger partial charge is 0.328 e. The van der Waals surface area contributed by atoms with Gasteiger partial charge in [0.2, 0.25) is 0 Å². The second kappa shape index (κ2) is 12.4. The first-order valence-electron chi connectivity index (χ1n) is 5.49. The Labute approximate surface area is 117 Å². The fourth-order valence-corrected chi connectivity index (χ4v) is 1.26. The molecule has 0 radical (unpaired) electrons. The van der Waals surface area contributed by atoms with Crippen LogP contribution in [-0.4, -0.2) is 35.9 Å². The molecule has 18 heavy (non-hydrogen) atoms. The number of carboxylic acids is 1. The van der Waals surface area contributed by atoms with Crippen molar-refractivity contribution in [2.45, 2.75) is 0 Å². The topological polar surface area (TPSA) is 49.3 Å². The predicted molar refractivity (Wildman–Crippen MR) is 77.4 cm³/mol. The van der Waals surface area contributed by atoms with Gasteiger partial charge in [0, 0.05) is 30.9 Å². The molecule has 3 nitrogen and oxygen atoms in total. The van der Waals surface area contributed by atoms with E-state index < -0.39 is 5.97 Å². The zero-order valence-electron chi connectivity index (χ0n) is 9.98. The molecule has 100 valence electrons. The summed E-state index contributed by atoms with van der Waals surface area (Å²) >= 11 is 10.7. The molecule has 0 atom stereocenters. The summed E-state index contributed by atoms with van der Waals surface area (Å²) in [5.41, 5.74) is 0.898. The molecular formula is C13H17Cl2NO2. The average Bonchev–Trinajstić information content (AvgIpc) is 2.39. The highest BCUT2D eigenvalue weighted by molar-refractivity contribution is 6.18. The predicted octanol–water partition coefficient (Wildman–Crippen LogP) is 2.84. The first kappa shape index (κ1) is 17.0. The third-order valence-electron chi connectivity index (χ3n) is 1.76. The first-order valence-corrected chi connectivity index (χ1v) is 6.56. The largest absolute Gasteiger partial charge is 0.478 e. The van der Waals surface area contributed by atoms with Gasteiger partial charge in [-0.3, -0.25) is 0 Å². The Morgan fingerprint density at radius 1 is 1.17 bits per heavy atom. The Kier molecular flexibility index (Phi) is 11.7. The van der Waals surface area contributed by atoms with Crippen molar-refractivity contribution in [2.24, 2.45) is 0 Å². The lowest BCUT2D eigenvalue weighted by Gasteiger charge is -1.93. The van der Waals surface area contributed by atoms with E-state index in [1.54, 1.807) is 6.08 Å². The molecule has 0 heterocycles. The SMILES string of the molecule is ClCCNCCCl.O=C(O)C=Cc1ccccc1. The summed E-state index contributed by atoms with van der Waals surface area (Å²) in [5, 5.41) is 11.3. The minimum atomic E-state index is -0.922. The van der Waals surface area contributed by atoms with Crippen LogP contribution in [0.4, 0.5) is 0 Å². The van der Waals surface area contributed by atoms with Gasteiger partial charge >= 0.3 is 5.97 Å². The lowest BCUT2D eigenvalue weighted by atomic mass is 10.2. The minimum Gasteiger partial charge on any atom is -0.478 e. The molecule has 0 saturated heterocycles. The molecule has 1 aromatic carbocycles. The van der Waals surface area contributed by atoms with Gasteiger partial charge in [0.25, 0.3) is 0 Å². The van der Waals surface area contributed by atoms with Gasteiger partial charge in [-0.15, -0.1) is 23.2 Å². The first-order chi connectivity index (χ1) is 8.70. The monoisotopic (exact) mass is 289 g/mol.